The Hall–Kier alpha value is -2.16. The number of aromatic nitrogens is 2. The fourth-order valence-electron chi connectivity index (χ4n) is 1.78. The van der Waals surface area contributed by atoms with Gasteiger partial charge in [-0.25, -0.2) is 18.7 Å². The molecule has 0 bridgehead atoms. The van der Waals surface area contributed by atoms with Crippen molar-refractivity contribution in [1.82, 2.24) is 9.97 Å². The highest BCUT2D eigenvalue weighted by Gasteiger charge is 2.28. The Kier molecular flexibility index (Phi) is 4.41. The minimum atomic E-state index is -0.959. The van der Waals surface area contributed by atoms with E-state index in [1.54, 1.807) is 6.92 Å². The van der Waals surface area contributed by atoms with Crippen LogP contribution in [0.15, 0.2) is 22.9 Å². The molecule has 110 valence electrons. The second kappa shape index (κ2) is 6.08. The lowest BCUT2D eigenvalue weighted by Gasteiger charge is -2.09. The zero-order chi connectivity index (χ0) is 15.6. The van der Waals surface area contributed by atoms with Gasteiger partial charge in [0.25, 0.3) is 0 Å². The number of halogens is 3. The molecule has 1 N–H and O–H groups in total. The van der Waals surface area contributed by atoms with Gasteiger partial charge in [-0.15, -0.1) is 0 Å². The monoisotopic (exact) mass is 358 g/mol. The van der Waals surface area contributed by atoms with Crippen molar-refractivity contribution in [2.75, 3.05) is 11.9 Å². The highest BCUT2D eigenvalue weighted by molar-refractivity contribution is 9.10. The topological polar surface area (TPSA) is 81.0 Å². The van der Waals surface area contributed by atoms with E-state index >= 15 is 0 Å². The highest BCUT2D eigenvalue weighted by Crippen LogP contribution is 2.37. The van der Waals surface area contributed by atoms with Crippen molar-refractivity contribution >= 4 is 27.4 Å². The van der Waals surface area contributed by atoms with E-state index in [9.17, 15) is 18.9 Å². The number of nitrogens with zero attached hydrogens (tertiary/aromatic N) is 3. The fraction of sp³-hybridized carbons (Fsp3) is 0.167. The van der Waals surface area contributed by atoms with Crippen molar-refractivity contribution < 1.29 is 13.7 Å². The average molecular weight is 359 g/mol. The van der Waals surface area contributed by atoms with E-state index in [1.807, 2.05) is 0 Å². The quantitative estimate of drug-likeness (QED) is 0.513. The fourth-order valence-corrected chi connectivity index (χ4v) is 2.11. The summed E-state index contributed by atoms with van der Waals surface area (Å²) in [5, 5.41) is 13.9. The predicted octanol–water partition coefficient (Wildman–Crippen LogP) is 3.52. The van der Waals surface area contributed by atoms with Crippen LogP contribution in [0, 0.1) is 21.7 Å². The normalized spacial score (nSPS) is 10.5. The minimum absolute atomic E-state index is 0.0168. The molecule has 0 unspecified atom stereocenters. The van der Waals surface area contributed by atoms with Gasteiger partial charge in [-0.2, -0.15) is 0 Å². The van der Waals surface area contributed by atoms with E-state index in [0.717, 1.165) is 12.4 Å². The van der Waals surface area contributed by atoms with Gasteiger partial charge in [-0.1, -0.05) is 0 Å². The van der Waals surface area contributed by atoms with Gasteiger partial charge in [0.1, 0.15) is 18.0 Å². The maximum atomic E-state index is 14.1. The molecule has 6 nitrogen and oxygen atoms in total. The Morgan fingerprint density at radius 3 is 2.71 bits per heavy atom. The van der Waals surface area contributed by atoms with Crippen LogP contribution in [0.3, 0.4) is 0 Å². The van der Waals surface area contributed by atoms with E-state index in [-0.39, 0.29) is 10.3 Å². The summed E-state index contributed by atoms with van der Waals surface area (Å²) in [7, 11) is 0. The molecule has 21 heavy (non-hydrogen) atoms. The second-order valence-electron chi connectivity index (χ2n) is 3.93. The minimum Gasteiger partial charge on any atom is -0.365 e. The Labute approximate surface area is 126 Å². The third-order valence-corrected chi connectivity index (χ3v) is 3.24. The van der Waals surface area contributed by atoms with Gasteiger partial charge in [0.2, 0.25) is 5.82 Å². The number of benzene rings is 1. The van der Waals surface area contributed by atoms with Gasteiger partial charge in [0.15, 0.2) is 5.69 Å². The molecule has 0 fully saturated rings. The number of hydrogen-bond donors (Lipinski definition) is 1. The number of nitro groups is 1. The third-order valence-electron chi connectivity index (χ3n) is 2.63. The molecule has 0 amide bonds. The van der Waals surface area contributed by atoms with Gasteiger partial charge in [-0.05, 0) is 35.0 Å². The van der Waals surface area contributed by atoms with E-state index in [0.29, 0.717) is 6.54 Å². The van der Waals surface area contributed by atoms with Crippen molar-refractivity contribution in [3.05, 3.63) is 44.7 Å². The summed E-state index contributed by atoms with van der Waals surface area (Å²) in [4.78, 5) is 17.9. The zero-order valence-corrected chi connectivity index (χ0v) is 12.3. The van der Waals surface area contributed by atoms with Crippen molar-refractivity contribution in [2.24, 2.45) is 0 Å². The largest absolute Gasteiger partial charge is 0.365 e. The predicted molar refractivity (Wildman–Crippen MR) is 75.9 cm³/mol. The molecule has 0 aliphatic rings. The number of anilines is 1. The van der Waals surface area contributed by atoms with Crippen LogP contribution in [-0.4, -0.2) is 21.4 Å². The molecule has 9 heteroatoms. The molecule has 0 aliphatic heterocycles. The lowest BCUT2D eigenvalue weighted by atomic mass is 10.1. The first-order valence-corrected chi connectivity index (χ1v) is 6.63. The molecule has 0 atom stereocenters. The van der Waals surface area contributed by atoms with Gasteiger partial charge in [0, 0.05) is 6.54 Å². The maximum Gasteiger partial charge on any atom is 0.337 e. The lowest BCUT2D eigenvalue weighted by Crippen LogP contribution is -2.07. The van der Waals surface area contributed by atoms with Crippen LogP contribution in [0.25, 0.3) is 11.3 Å². The number of rotatable bonds is 4. The first kappa shape index (κ1) is 15.2. The zero-order valence-electron chi connectivity index (χ0n) is 10.7. The smallest absolute Gasteiger partial charge is 0.337 e. The van der Waals surface area contributed by atoms with Crippen molar-refractivity contribution in [3.8, 4) is 11.3 Å². The summed E-state index contributed by atoms with van der Waals surface area (Å²) in [5.41, 5.74) is -1.56. The molecular formula is C12H9BrF2N4O2. The van der Waals surface area contributed by atoms with Gasteiger partial charge >= 0.3 is 5.69 Å². The maximum absolute atomic E-state index is 14.1. The SMILES string of the molecule is CCNc1ncnc(-c2c(F)ccc(Br)c2F)c1[N+](=O)[O-]. The highest BCUT2D eigenvalue weighted by atomic mass is 79.9. The van der Waals surface area contributed by atoms with E-state index in [4.69, 9.17) is 0 Å². The molecule has 0 radical (unpaired) electrons. The summed E-state index contributed by atoms with van der Waals surface area (Å²) < 4.78 is 28.0. The van der Waals surface area contributed by atoms with E-state index in [2.05, 4.69) is 31.2 Å². The van der Waals surface area contributed by atoms with Crippen molar-refractivity contribution in [1.29, 1.82) is 0 Å². The van der Waals surface area contributed by atoms with E-state index < -0.39 is 33.5 Å². The molecule has 0 aliphatic carbocycles. The summed E-state index contributed by atoms with van der Waals surface area (Å²) in [6.45, 7) is 2.08. The van der Waals surface area contributed by atoms with E-state index in [1.165, 1.54) is 6.07 Å². The number of nitrogens with one attached hydrogen (secondary N) is 1. The average Bonchev–Trinajstić information content (AvgIpc) is 2.44. The lowest BCUT2D eigenvalue weighted by molar-refractivity contribution is -0.383. The van der Waals surface area contributed by atoms with Gasteiger partial charge in [0.05, 0.1) is 15.0 Å². The molecule has 1 aromatic carbocycles. The first-order valence-electron chi connectivity index (χ1n) is 5.84. The summed E-state index contributed by atoms with van der Waals surface area (Å²) in [5.74, 6) is -1.99. The second-order valence-corrected chi connectivity index (χ2v) is 4.78. The Morgan fingerprint density at radius 1 is 1.38 bits per heavy atom. The van der Waals surface area contributed by atoms with Crippen LogP contribution >= 0.6 is 15.9 Å². The summed E-state index contributed by atoms with van der Waals surface area (Å²) >= 11 is 2.92. The van der Waals surface area contributed by atoms with Crippen LogP contribution in [-0.2, 0) is 0 Å². The van der Waals surface area contributed by atoms with Crippen LogP contribution in [0.1, 0.15) is 6.92 Å². The van der Waals surface area contributed by atoms with Crippen LogP contribution in [0.2, 0.25) is 0 Å². The molecule has 0 saturated heterocycles. The van der Waals surface area contributed by atoms with Crippen LogP contribution < -0.4 is 5.32 Å². The third kappa shape index (κ3) is 2.82. The standard InChI is InChI=1S/C12H9BrF2N4O2/c1-2-16-12-11(19(20)21)10(17-5-18-12)8-7(14)4-3-6(13)9(8)15/h3-5H,2H2,1H3,(H,16,17,18). The molecule has 1 heterocycles. The van der Waals surface area contributed by atoms with Crippen LogP contribution in [0.5, 0.6) is 0 Å². The van der Waals surface area contributed by atoms with Gasteiger partial charge in [-0.3, -0.25) is 10.1 Å². The molecular weight excluding hydrogens is 350 g/mol. The summed E-state index contributed by atoms with van der Waals surface area (Å²) in [6.07, 6.45) is 1.01. The Balaban J connectivity index is 2.79. The summed E-state index contributed by atoms with van der Waals surface area (Å²) in [6, 6.07) is 2.17. The molecule has 2 aromatic rings. The Morgan fingerprint density at radius 2 is 2.10 bits per heavy atom. The van der Waals surface area contributed by atoms with Crippen LogP contribution in [0.4, 0.5) is 20.3 Å². The van der Waals surface area contributed by atoms with Gasteiger partial charge < -0.3 is 5.32 Å². The number of hydrogen-bond acceptors (Lipinski definition) is 5. The molecule has 0 saturated carbocycles. The van der Waals surface area contributed by atoms with Crippen molar-refractivity contribution in [3.63, 3.8) is 0 Å². The molecule has 2 rings (SSSR count). The van der Waals surface area contributed by atoms with Crippen molar-refractivity contribution in [2.45, 2.75) is 6.92 Å². The first-order chi connectivity index (χ1) is 9.97. The Bertz CT molecular complexity index is 712. The molecule has 0 spiro atoms. The molecule has 1 aromatic heterocycles.